The fourth-order valence-electron chi connectivity index (χ4n) is 2.49. The van der Waals surface area contributed by atoms with Crippen LogP contribution >= 0.6 is 0 Å². The molecule has 2 heterocycles. The molecule has 0 radical (unpaired) electrons. The van der Waals surface area contributed by atoms with Gasteiger partial charge in [0.1, 0.15) is 24.4 Å². The molecule has 2 bridgehead atoms. The number of aliphatic hydroxyl groups excluding tert-OH is 2. The van der Waals surface area contributed by atoms with Gasteiger partial charge in [0.2, 0.25) is 10.0 Å². The highest BCUT2D eigenvalue weighted by Gasteiger charge is 2.50. The van der Waals surface area contributed by atoms with Crippen LogP contribution in [0.2, 0.25) is 0 Å². The van der Waals surface area contributed by atoms with E-state index in [1.807, 2.05) is 6.92 Å². The summed E-state index contributed by atoms with van der Waals surface area (Å²) in [5, 5.41) is 19.9. The molecule has 5 atom stereocenters. The lowest BCUT2D eigenvalue weighted by molar-refractivity contribution is -0.181. The predicted molar refractivity (Wildman–Crippen MR) is 71.9 cm³/mol. The Bertz CT molecular complexity index is 616. The van der Waals surface area contributed by atoms with Crippen LogP contribution in [-0.4, -0.2) is 55.9 Å². The van der Waals surface area contributed by atoms with Crippen LogP contribution in [0, 0.1) is 6.92 Å². The SMILES string of the molecule is Cc1ccc(S(=O)(=O)N[C@H]2[C@@H]3OC[C@@H](O3)[C@H](O)[C@H]2O)cc1. The fraction of sp³-hybridized carbons (Fsp3) is 0.538. The van der Waals surface area contributed by atoms with Crippen LogP contribution in [0.1, 0.15) is 5.56 Å². The number of fused-ring (bicyclic) bond motifs is 2. The molecule has 0 unspecified atom stereocenters. The molecule has 3 N–H and O–H groups in total. The summed E-state index contributed by atoms with van der Waals surface area (Å²) in [6, 6.07) is 5.26. The molecule has 116 valence electrons. The van der Waals surface area contributed by atoms with Crippen molar-refractivity contribution in [3.63, 3.8) is 0 Å². The Kier molecular flexibility index (Phi) is 3.76. The van der Waals surface area contributed by atoms with E-state index >= 15 is 0 Å². The minimum absolute atomic E-state index is 0.0786. The number of nitrogens with one attached hydrogen (secondary N) is 1. The molecule has 1 aromatic rings. The third kappa shape index (κ3) is 2.70. The van der Waals surface area contributed by atoms with Gasteiger partial charge in [-0.2, -0.15) is 0 Å². The van der Waals surface area contributed by atoms with Gasteiger partial charge in [-0.05, 0) is 19.1 Å². The van der Waals surface area contributed by atoms with Crippen molar-refractivity contribution in [2.45, 2.75) is 42.5 Å². The minimum Gasteiger partial charge on any atom is -0.388 e. The highest BCUT2D eigenvalue weighted by molar-refractivity contribution is 7.89. The van der Waals surface area contributed by atoms with E-state index in [0.29, 0.717) is 0 Å². The molecule has 0 aromatic heterocycles. The summed E-state index contributed by atoms with van der Waals surface area (Å²) in [6.07, 6.45) is -3.98. The molecule has 2 fully saturated rings. The highest BCUT2D eigenvalue weighted by atomic mass is 32.2. The maximum Gasteiger partial charge on any atom is 0.241 e. The van der Waals surface area contributed by atoms with Gasteiger partial charge < -0.3 is 19.7 Å². The molecular formula is C13H17NO6S. The van der Waals surface area contributed by atoms with Crippen molar-refractivity contribution in [3.8, 4) is 0 Å². The Morgan fingerprint density at radius 3 is 2.52 bits per heavy atom. The van der Waals surface area contributed by atoms with Gasteiger partial charge in [-0.3, -0.25) is 0 Å². The van der Waals surface area contributed by atoms with E-state index in [9.17, 15) is 18.6 Å². The highest BCUT2D eigenvalue weighted by Crippen LogP contribution is 2.29. The number of sulfonamides is 1. The molecule has 0 saturated carbocycles. The van der Waals surface area contributed by atoms with Gasteiger partial charge in [-0.25, -0.2) is 13.1 Å². The van der Waals surface area contributed by atoms with Crippen LogP contribution in [0.3, 0.4) is 0 Å². The zero-order chi connectivity index (χ0) is 15.2. The summed E-state index contributed by atoms with van der Waals surface area (Å²) < 4.78 is 37.6. The second-order valence-electron chi connectivity index (χ2n) is 5.32. The van der Waals surface area contributed by atoms with Gasteiger partial charge in [0, 0.05) is 0 Å². The molecule has 2 aliphatic rings. The summed E-state index contributed by atoms with van der Waals surface area (Å²) in [6.45, 7) is 1.98. The van der Waals surface area contributed by atoms with Crippen molar-refractivity contribution in [1.82, 2.24) is 4.72 Å². The Labute approximate surface area is 122 Å². The summed E-state index contributed by atoms with van der Waals surface area (Å²) in [5.74, 6) is 0. The standard InChI is InChI=1S/C13H17NO6S/c1-7-2-4-8(5-3-7)21(17,18)14-10-12(16)11(15)9-6-19-13(10)20-9/h2-5,9-16H,6H2,1H3/t9-,10-,11+,12+,13-/m1/s1. The molecule has 1 aromatic carbocycles. The minimum atomic E-state index is -3.84. The van der Waals surface area contributed by atoms with E-state index < -0.39 is 40.7 Å². The molecule has 21 heavy (non-hydrogen) atoms. The van der Waals surface area contributed by atoms with Gasteiger partial charge in [0.25, 0.3) is 0 Å². The summed E-state index contributed by atoms with van der Waals surface area (Å²) in [7, 11) is -3.84. The molecular weight excluding hydrogens is 298 g/mol. The number of hydrogen-bond donors (Lipinski definition) is 3. The van der Waals surface area contributed by atoms with Gasteiger partial charge >= 0.3 is 0 Å². The Morgan fingerprint density at radius 1 is 1.19 bits per heavy atom. The third-order valence-corrected chi connectivity index (χ3v) is 5.22. The van der Waals surface area contributed by atoms with Crippen molar-refractivity contribution in [2.75, 3.05) is 6.61 Å². The first-order chi connectivity index (χ1) is 9.88. The zero-order valence-corrected chi connectivity index (χ0v) is 12.2. The smallest absolute Gasteiger partial charge is 0.241 e. The van der Waals surface area contributed by atoms with Crippen molar-refractivity contribution < 1.29 is 28.1 Å². The van der Waals surface area contributed by atoms with E-state index in [4.69, 9.17) is 9.47 Å². The molecule has 0 amide bonds. The molecule has 2 saturated heterocycles. The Hall–Kier alpha value is -1.03. The predicted octanol–water partition coefficient (Wildman–Crippen LogP) is -0.881. The number of aliphatic hydroxyl groups is 2. The van der Waals surface area contributed by atoms with E-state index in [1.54, 1.807) is 12.1 Å². The van der Waals surface area contributed by atoms with Crippen molar-refractivity contribution in [2.24, 2.45) is 0 Å². The molecule has 2 aliphatic heterocycles. The monoisotopic (exact) mass is 315 g/mol. The van der Waals surface area contributed by atoms with Crippen molar-refractivity contribution >= 4 is 10.0 Å². The summed E-state index contributed by atoms with van der Waals surface area (Å²) in [5.41, 5.74) is 0.937. The summed E-state index contributed by atoms with van der Waals surface area (Å²) in [4.78, 5) is 0.0786. The van der Waals surface area contributed by atoms with E-state index in [-0.39, 0.29) is 11.5 Å². The second-order valence-corrected chi connectivity index (χ2v) is 7.03. The molecule has 0 aliphatic carbocycles. The first-order valence-electron chi connectivity index (χ1n) is 6.61. The van der Waals surface area contributed by atoms with Crippen molar-refractivity contribution in [1.29, 1.82) is 0 Å². The lowest BCUT2D eigenvalue weighted by Crippen LogP contribution is -2.60. The first-order valence-corrected chi connectivity index (χ1v) is 8.09. The average molecular weight is 315 g/mol. The number of benzene rings is 1. The first kappa shape index (κ1) is 14.9. The molecule has 7 nitrogen and oxygen atoms in total. The maximum atomic E-state index is 12.3. The third-order valence-electron chi connectivity index (χ3n) is 3.75. The maximum absolute atomic E-state index is 12.3. The quantitative estimate of drug-likeness (QED) is 0.669. The van der Waals surface area contributed by atoms with E-state index in [2.05, 4.69) is 4.72 Å². The van der Waals surface area contributed by atoms with Crippen LogP contribution in [-0.2, 0) is 19.5 Å². The van der Waals surface area contributed by atoms with Gasteiger partial charge in [-0.15, -0.1) is 0 Å². The second kappa shape index (κ2) is 5.31. The van der Waals surface area contributed by atoms with Crippen molar-refractivity contribution in [3.05, 3.63) is 29.8 Å². The lowest BCUT2D eigenvalue weighted by atomic mass is 10.00. The van der Waals surface area contributed by atoms with Crippen LogP contribution < -0.4 is 4.72 Å². The lowest BCUT2D eigenvalue weighted by Gasteiger charge is -2.35. The van der Waals surface area contributed by atoms with Crippen LogP contribution in [0.5, 0.6) is 0 Å². The number of rotatable bonds is 3. The normalized spacial score (nSPS) is 35.9. The molecule has 8 heteroatoms. The fourth-order valence-corrected chi connectivity index (χ4v) is 3.73. The van der Waals surface area contributed by atoms with Gasteiger partial charge in [-0.1, -0.05) is 17.7 Å². The summed E-state index contributed by atoms with van der Waals surface area (Å²) >= 11 is 0. The van der Waals surface area contributed by atoms with E-state index in [1.165, 1.54) is 12.1 Å². The number of ether oxygens (including phenoxy) is 2. The van der Waals surface area contributed by atoms with Crippen LogP contribution in [0.4, 0.5) is 0 Å². The average Bonchev–Trinajstić information content (AvgIpc) is 2.89. The van der Waals surface area contributed by atoms with Crippen LogP contribution in [0.25, 0.3) is 0 Å². The largest absolute Gasteiger partial charge is 0.388 e. The molecule has 0 spiro atoms. The number of aryl methyl sites for hydroxylation is 1. The Morgan fingerprint density at radius 2 is 1.86 bits per heavy atom. The van der Waals surface area contributed by atoms with Crippen LogP contribution in [0.15, 0.2) is 29.2 Å². The van der Waals surface area contributed by atoms with E-state index in [0.717, 1.165) is 5.56 Å². The topological polar surface area (TPSA) is 105 Å². The Balaban J connectivity index is 1.83. The zero-order valence-electron chi connectivity index (χ0n) is 11.3. The van der Waals surface area contributed by atoms with Gasteiger partial charge in [0.15, 0.2) is 6.29 Å². The van der Waals surface area contributed by atoms with Gasteiger partial charge in [0.05, 0.1) is 11.5 Å². The number of hydrogen-bond acceptors (Lipinski definition) is 6. The molecule has 3 rings (SSSR count).